The summed E-state index contributed by atoms with van der Waals surface area (Å²) in [5.74, 6) is 2.69. The van der Waals surface area contributed by atoms with Crippen LogP contribution in [0.5, 0.6) is 23.1 Å². The highest BCUT2D eigenvalue weighted by Crippen LogP contribution is 2.22. The van der Waals surface area contributed by atoms with Gasteiger partial charge in [-0.05, 0) is 54.6 Å². The summed E-state index contributed by atoms with van der Waals surface area (Å²) in [6.07, 6.45) is 1.65. The number of methoxy groups -OCH3 is 1. The number of pyridine rings is 1. The number of nitrogens with one attached hydrogen (secondary N) is 2. The molecule has 0 radical (unpaired) electrons. The van der Waals surface area contributed by atoms with E-state index in [1.807, 2.05) is 36.4 Å². The normalized spacial score (nSPS) is 10.4. The molecule has 2 heterocycles. The molecule has 0 saturated carbocycles. The number of amides is 1. The molecule has 2 N–H and O–H groups in total. The number of aromatic nitrogens is 4. The van der Waals surface area contributed by atoms with E-state index in [0.29, 0.717) is 23.2 Å². The van der Waals surface area contributed by atoms with E-state index < -0.39 is 0 Å². The van der Waals surface area contributed by atoms with Gasteiger partial charge in [-0.15, -0.1) is 5.10 Å². The molecule has 0 aliphatic carbocycles. The van der Waals surface area contributed by atoms with Gasteiger partial charge < -0.3 is 14.2 Å². The molecule has 9 nitrogen and oxygen atoms in total. The lowest BCUT2D eigenvalue weighted by atomic mass is 10.2. The maximum Gasteiger partial charge on any atom is 0.264 e. The minimum atomic E-state index is -0.380. The standard InChI is InChI=1S/C22H19N5O4/c1-29-16-7-5-15(6-8-16)21-25-22(27-26-21)24-19(28)14-30-17-9-11-18(12-10-17)31-20-4-2-3-13-23-20/h2-13H,14H2,1H3,(H2,24,25,26,27,28). The Kier molecular flexibility index (Phi) is 6.03. The van der Waals surface area contributed by atoms with Crippen molar-refractivity contribution < 1.29 is 19.0 Å². The Balaban J connectivity index is 1.28. The molecule has 0 bridgehead atoms. The van der Waals surface area contributed by atoms with E-state index in [4.69, 9.17) is 14.2 Å². The van der Waals surface area contributed by atoms with Crippen LogP contribution >= 0.6 is 0 Å². The highest BCUT2D eigenvalue weighted by molar-refractivity contribution is 5.90. The Hall–Kier alpha value is -4.40. The number of ether oxygens (including phenoxy) is 3. The first-order valence-corrected chi connectivity index (χ1v) is 9.38. The third kappa shape index (κ3) is 5.36. The molecule has 0 aliphatic rings. The van der Waals surface area contributed by atoms with Gasteiger partial charge in [0.15, 0.2) is 12.4 Å². The quantitative estimate of drug-likeness (QED) is 0.450. The molecule has 0 atom stereocenters. The lowest BCUT2D eigenvalue weighted by molar-refractivity contribution is -0.118. The second-order valence-electron chi connectivity index (χ2n) is 6.31. The number of carbonyl (C=O) groups is 1. The molecule has 0 aliphatic heterocycles. The number of hydrogen-bond donors (Lipinski definition) is 2. The zero-order valence-electron chi connectivity index (χ0n) is 16.6. The Morgan fingerprint density at radius 1 is 0.968 bits per heavy atom. The average molecular weight is 417 g/mol. The molecule has 1 amide bonds. The first-order chi connectivity index (χ1) is 15.2. The minimum Gasteiger partial charge on any atom is -0.497 e. The fourth-order valence-corrected chi connectivity index (χ4v) is 2.64. The predicted octanol–water partition coefficient (Wildman–Crippen LogP) is 3.69. The Morgan fingerprint density at radius 3 is 2.42 bits per heavy atom. The topological polar surface area (TPSA) is 111 Å². The van der Waals surface area contributed by atoms with E-state index in [1.54, 1.807) is 43.6 Å². The van der Waals surface area contributed by atoms with E-state index >= 15 is 0 Å². The Bertz CT molecular complexity index is 1130. The number of carbonyl (C=O) groups excluding carboxylic acids is 1. The van der Waals surface area contributed by atoms with Crippen LogP contribution in [0.3, 0.4) is 0 Å². The second-order valence-corrected chi connectivity index (χ2v) is 6.31. The van der Waals surface area contributed by atoms with Gasteiger partial charge in [0.05, 0.1) is 7.11 Å². The van der Waals surface area contributed by atoms with Crippen molar-refractivity contribution in [2.75, 3.05) is 19.0 Å². The number of nitrogens with zero attached hydrogens (tertiary/aromatic N) is 3. The average Bonchev–Trinajstić information content (AvgIpc) is 3.28. The molecule has 0 unspecified atom stereocenters. The Morgan fingerprint density at radius 2 is 1.71 bits per heavy atom. The maximum absolute atomic E-state index is 12.1. The van der Waals surface area contributed by atoms with Crippen LogP contribution in [0.25, 0.3) is 11.4 Å². The zero-order valence-corrected chi connectivity index (χ0v) is 16.6. The summed E-state index contributed by atoms with van der Waals surface area (Å²) >= 11 is 0. The summed E-state index contributed by atoms with van der Waals surface area (Å²) in [5.41, 5.74) is 0.818. The first-order valence-electron chi connectivity index (χ1n) is 9.38. The van der Waals surface area contributed by atoms with Crippen molar-refractivity contribution in [1.29, 1.82) is 0 Å². The van der Waals surface area contributed by atoms with Gasteiger partial charge in [-0.2, -0.15) is 4.98 Å². The molecular formula is C22H19N5O4. The van der Waals surface area contributed by atoms with Gasteiger partial charge in [0.25, 0.3) is 5.91 Å². The van der Waals surface area contributed by atoms with Crippen molar-refractivity contribution >= 4 is 11.9 Å². The van der Waals surface area contributed by atoms with E-state index in [1.165, 1.54) is 0 Å². The molecule has 4 rings (SSSR count). The van der Waals surface area contributed by atoms with Crippen LogP contribution in [0, 0.1) is 0 Å². The Labute approximate surface area is 178 Å². The molecule has 156 valence electrons. The monoisotopic (exact) mass is 417 g/mol. The van der Waals surface area contributed by atoms with Gasteiger partial charge in [0.1, 0.15) is 17.2 Å². The van der Waals surface area contributed by atoms with Crippen LogP contribution in [-0.4, -0.2) is 39.8 Å². The van der Waals surface area contributed by atoms with Crippen molar-refractivity contribution in [1.82, 2.24) is 20.2 Å². The molecule has 31 heavy (non-hydrogen) atoms. The number of anilines is 1. The largest absolute Gasteiger partial charge is 0.497 e. The van der Waals surface area contributed by atoms with Crippen LogP contribution < -0.4 is 19.5 Å². The van der Waals surface area contributed by atoms with E-state index in [9.17, 15) is 4.79 Å². The minimum absolute atomic E-state index is 0.165. The number of rotatable bonds is 8. The van der Waals surface area contributed by atoms with Crippen molar-refractivity contribution in [3.8, 4) is 34.5 Å². The van der Waals surface area contributed by atoms with Crippen LogP contribution in [0.1, 0.15) is 0 Å². The van der Waals surface area contributed by atoms with Crippen molar-refractivity contribution in [3.05, 3.63) is 72.9 Å². The second kappa shape index (κ2) is 9.40. The summed E-state index contributed by atoms with van der Waals surface area (Å²) in [7, 11) is 1.60. The van der Waals surface area contributed by atoms with Gasteiger partial charge in [-0.1, -0.05) is 6.07 Å². The molecular weight excluding hydrogens is 398 g/mol. The van der Waals surface area contributed by atoms with Crippen LogP contribution in [0.15, 0.2) is 72.9 Å². The van der Waals surface area contributed by atoms with E-state index in [-0.39, 0.29) is 18.5 Å². The smallest absolute Gasteiger partial charge is 0.264 e. The molecule has 0 saturated heterocycles. The van der Waals surface area contributed by atoms with E-state index in [2.05, 4.69) is 25.5 Å². The van der Waals surface area contributed by atoms with E-state index in [0.717, 1.165) is 11.3 Å². The maximum atomic E-state index is 12.1. The van der Waals surface area contributed by atoms with Crippen molar-refractivity contribution in [3.63, 3.8) is 0 Å². The van der Waals surface area contributed by atoms with Crippen molar-refractivity contribution in [2.45, 2.75) is 0 Å². The number of benzene rings is 2. The highest BCUT2D eigenvalue weighted by atomic mass is 16.5. The number of H-pyrrole nitrogens is 1. The van der Waals surface area contributed by atoms with Gasteiger partial charge in [0.2, 0.25) is 11.8 Å². The molecule has 4 aromatic rings. The number of aromatic amines is 1. The highest BCUT2D eigenvalue weighted by Gasteiger charge is 2.10. The first kappa shape index (κ1) is 19.9. The molecule has 0 fully saturated rings. The SMILES string of the molecule is COc1ccc(-c2nc(NC(=O)COc3ccc(Oc4ccccn4)cc3)n[nH]2)cc1. The fraction of sp³-hybridized carbons (Fsp3) is 0.0909. The summed E-state index contributed by atoms with van der Waals surface area (Å²) in [5, 5.41) is 9.39. The van der Waals surface area contributed by atoms with Crippen LogP contribution in [0.4, 0.5) is 5.95 Å². The summed E-state index contributed by atoms with van der Waals surface area (Å²) < 4.78 is 16.2. The lowest BCUT2D eigenvalue weighted by Gasteiger charge is -2.07. The van der Waals surface area contributed by atoms with Gasteiger partial charge in [0, 0.05) is 17.8 Å². The molecule has 2 aromatic heterocycles. The van der Waals surface area contributed by atoms with Crippen LogP contribution in [-0.2, 0) is 4.79 Å². The zero-order chi connectivity index (χ0) is 21.5. The summed E-state index contributed by atoms with van der Waals surface area (Å²) in [6.45, 7) is -0.188. The summed E-state index contributed by atoms with van der Waals surface area (Å²) in [6, 6.07) is 19.6. The van der Waals surface area contributed by atoms with Gasteiger partial charge in [-0.3, -0.25) is 15.2 Å². The molecule has 2 aromatic carbocycles. The molecule has 9 heteroatoms. The predicted molar refractivity (Wildman–Crippen MR) is 113 cm³/mol. The lowest BCUT2D eigenvalue weighted by Crippen LogP contribution is -2.20. The fourth-order valence-electron chi connectivity index (χ4n) is 2.64. The third-order valence-corrected chi connectivity index (χ3v) is 4.15. The molecule has 0 spiro atoms. The number of hydrogen-bond acceptors (Lipinski definition) is 7. The van der Waals surface area contributed by atoms with Gasteiger partial charge >= 0.3 is 0 Å². The third-order valence-electron chi connectivity index (χ3n) is 4.15. The van der Waals surface area contributed by atoms with Crippen molar-refractivity contribution in [2.24, 2.45) is 0 Å². The van der Waals surface area contributed by atoms with Crippen LogP contribution in [0.2, 0.25) is 0 Å². The van der Waals surface area contributed by atoms with Gasteiger partial charge in [-0.25, -0.2) is 4.98 Å². The summed E-state index contributed by atoms with van der Waals surface area (Å²) in [4.78, 5) is 20.5.